The smallest absolute Gasteiger partial charge is 0.0907 e. The molecule has 78 valence electrons. The van der Waals surface area contributed by atoms with E-state index in [0.29, 0.717) is 13.0 Å². The molecule has 0 amide bonds. The van der Waals surface area contributed by atoms with Crippen molar-refractivity contribution in [3.63, 3.8) is 0 Å². The number of ether oxygens (including phenoxy) is 1. The van der Waals surface area contributed by atoms with E-state index in [4.69, 9.17) is 4.74 Å². The maximum atomic E-state index is 9.86. The highest BCUT2D eigenvalue weighted by molar-refractivity contribution is 9.10. The Balaban J connectivity index is 2.64. The lowest BCUT2D eigenvalue weighted by atomic mass is 10.0. The van der Waals surface area contributed by atoms with Crippen molar-refractivity contribution >= 4 is 15.9 Å². The lowest BCUT2D eigenvalue weighted by molar-refractivity contribution is -0.0167. The Bertz CT molecular complexity index is 285. The van der Waals surface area contributed by atoms with Gasteiger partial charge in [0.15, 0.2) is 0 Å². The molecule has 1 aromatic rings. The third kappa shape index (κ3) is 3.74. The van der Waals surface area contributed by atoms with Gasteiger partial charge >= 0.3 is 0 Å². The molecule has 0 aliphatic carbocycles. The lowest BCUT2D eigenvalue weighted by Gasteiger charge is -2.21. The summed E-state index contributed by atoms with van der Waals surface area (Å²) in [5.74, 6) is 0. The first-order valence-electron chi connectivity index (χ1n) is 4.35. The molecule has 14 heavy (non-hydrogen) atoms. The Hall–Kier alpha value is -0.450. The van der Waals surface area contributed by atoms with Crippen LogP contribution in [-0.4, -0.2) is 29.4 Å². The van der Waals surface area contributed by atoms with Crippen LogP contribution < -0.4 is 0 Å². The highest BCUT2D eigenvalue weighted by atomic mass is 79.9. The first kappa shape index (κ1) is 11.6. The quantitative estimate of drug-likeness (QED) is 0.897. The monoisotopic (exact) mass is 259 g/mol. The Morgan fingerprint density at radius 1 is 1.57 bits per heavy atom. The zero-order valence-electron chi connectivity index (χ0n) is 8.33. The van der Waals surface area contributed by atoms with Crippen molar-refractivity contribution in [1.82, 2.24) is 4.98 Å². The second-order valence-corrected chi connectivity index (χ2v) is 4.49. The third-order valence-corrected chi connectivity index (χ3v) is 2.27. The summed E-state index contributed by atoms with van der Waals surface area (Å²) in [4.78, 5) is 4.18. The van der Waals surface area contributed by atoms with E-state index in [0.717, 1.165) is 10.2 Å². The summed E-state index contributed by atoms with van der Waals surface area (Å²) < 4.78 is 5.85. The number of rotatable bonds is 4. The Morgan fingerprint density at radius 3 is 2.79 bits per heavy atom. The first-order chi connectivity index (χ1) is 6.53. The summed E-state index contributed by atoms with van der Waals surface area (Å²) in [6, 6.07) is 3.79. The number of aromatic nitrogens is 1. The van der Waals surface area contributed by atoms with Crippen molar-refractivity contribution < 1.29 is 9.84 Å². The van der Waals surface area contributed by atoms with Gasteiger partial charge in [-0.1, -0.05) is 0 Å². The molecular formula is C10H14BrNO2. The third-order valence-electron chi connectivity index (χ3n) is 1.81. The molecule has 1 heterocycles. The minimum absolute atomic E-state index is 0.310. The van der Waals surface area contributed by atoms with Gasteiger partial charge in [-0.05, 0) is 35.0 Å². The second-order valence-electron chi connectivity index (χ2n) is 3.57. The molecule has 3 nitrogen and oxygen atoms in total. The van der Waals surface area contributed by atoms with Crippen molar-refractivity contribution in [3.05, 3.63) is 28.5 Å². The molecule has 1 N–H and O–H groups in total. The molecule has 0 spiro atoms. The molecule has 0 radical (unpaired) electrons. The molecule has 0 bridgehead atoms. The average Bonchev–Trinajstić information content (AvgIpc) is 2.08. The van der Waals surface area contributed by atoms with Crippen LogP contribution in [0.15, 0.2) is 22.8 Å². The van der Waals surface area contributed by atoms with Crippen LogP contribution in [0.1, 0.15) is 12.6 Å². The van der Waals surface area contributed by atoms with Crippen molar-refractivity contribution in [1.29, 1.82) is 0 Å². The molecule has 0 fully saturated rings. The number of halogens is 1. The average molecular weight is 260 g/mol. The van der Waals surface area contributed by atoms with E-state index >= 15 is 0 Å². The molecule has 0 aromatic carbocycles. The summed E-state index contributed by atoms with van der Waals surface area (Å²) in [6.07, 6.45) is 2.21. The number of nitrogens with zero attached hydrogens (tertiary/aromatic N) is 1. The van der Waals surface area contributed by atoms with E-state index < -0.39 is 5.60 Å². The van der Waals surface area contributed by atoms with Crippen molar-refractivity contribution in [2.45, 2.75) is 18.9 Å². The topological polar surface area (TPSA) is 42.4 Å². The molecule has 0 saturated carbocycles. The fourth-order valence-corrected chi connectivity index (χ4v) is 1.50. The van der Waals surface area contributed by atoms with Crippen LogP contribution in [0, 0.1) is 0 Å². The number of aliphatic hydroxyl groups is 1. The molecule has 1 unspecified atom stereocenters. The number of methoxy groups -OCH3 is 1. The van der Waals surface area contributed by atoms with Gasteiger partial charge in [0.25, 0.3) is 0 Å². The highest BCUT2D eigenvalue weighted by Crippen LogP contribution is 2.14. The Kier molecular flexibility index (Phi) is 4.04. The van der Waals surface area contributed by atoms with Gasteiger partial charge in [0, 0.05) is 29.9 Å². The first-order valence-corrected chi connectivity index (χ1v) is 5.14. The molecule has 4 heteroatoms. The highest BCUT2D eigenvalue weighted by Gasteiger charge is 2.21. The lowest BCUT2D eigenvalue weighted by Crippen LogP contribution is -2.33. The van der Waals surface area contributed by atoms with Crippen LogP contribution in [0.4, 0.5) is 0 Å². The number of hydrogen-bond donors (Lipinski definition) is 1. The maximum absolute atomic E-state index is 9.86. The zero-order chi connectivity index (χ0) is 10.6. The van der Waals surface area contributed by atoms with Gasteiger partial charge in [0.1, 0.15) is 0 Å². The van der Waals surface area contributed by atoms with E-state index in [1.807, 2.05) is 12.1 Å². The maximum Gasteiger partial charge on any atom is 0.0907 e. The molecule has 1 rings (SSSR count). The minimum Gasteiger partial charge on any atom is -0.387 e. The van der Waals surface area contributed by atoms with E-state index in [9.17, 15) is 5.11 Å². The van der Waals surface area contributed by atoms with Gasteiger partial charge in [-0.2, -0.15) is 0 Å². The molecule has 1 aromatic heterocycles. The van der Waals surface area contributed by atoms with Gasteiger partial charge in [-0.25, -0.2) is 0 Å². The predicted octanol–water partition coefficient (Wildman–Crippen LogP) is 1.78. The van der Waals surface area contributed by atoms with Crippen LogP contribution in [0.3, 0.4) is 0 Å². The summed E-state index contributed by atoms with van der Waals surface area (Å²) >= 11 is 3.31. The Morgan fingerprint density at radius 2 is 2.29 bits per heavy atom. The van der Waals surface area contributed by atoms with Crippen LogP contribution in [-0.2, 0) is 11.2 Å². The summed E-state index contributed by atoms with van der Waals surface area (Å²) in [7, 11) is 1.57. The van der Waals surface area contributed by atoms with Crippen molar-refractivity contribution in [2.75, 3.05) is 13.7 Å². The van der Waals surface area contributed by atoms with Gasteiger partial charge in [-0.15, -0.1) is 0 Å². The van der Waals surface area contributed by atoms with Gasteiger partial charge in [0.05, 0.1) is 12.2 Å². The van der Waals surface area contributed by atoms with Crippen LogP contribution in [0.5, 0.6) is 0 Å². The molecule has 1 atom stereocenters. The van der Waals surface area contributed by atoms with E-state index in [-0.39, 0.29) is 0 Å². The van der Waals surface area contributed by atoms with E-state index in [1.54, 1.807) is 20.2 Å². The van der Waals surface area contributed by atoms with Gasteiger partial charge < -0.3 is 9.84 Å². The second kappa shape index (κ2) is 4.87. The van der Waals surface area contributed by atoms with E-state index in [1.165, 1.54) is 0 Å². The normalized spacial score (nSPS) is 15.1. The van der Waals surface area contributed by atoms with Crippen LogP contribution >= 0.6 is 15.9 Å². The minimum atomic E-state index is -0.852. The van der Waals surface area contributed by atoms with Gasteiger partial charge in [-0.3, -0.25) is 4.98 Å². The molecule has 0 saturated heterocycles. The van der Waals surface area contributed by atoms with Crippen molar-refractivity contribution in [2.24, 2.45) is 0 Å². The fourth-order valence-electron chi connectivity index (χ4n) is 1.26. The predicted molar refractivity (Wildman–Crippen MR) is 58.1 cm³/mol. The standard InChI is InChI=1S/C10H14BrNO2/c1-10(13,7-14-2)5-9-4-3-8(11)6-12-9/h3-4,6,13H,5,7H2,1-2H3. The van der Waals surface area contributed by atoms with Gasteiger partial charge in [0.2, 0.25) is 0 Å². The number of hydrogen-bond acceptors (Lipinski definition) is 3. The van der Waals surface area contributed by atoms with E-state index in [2.05, 4.69) is 20.9 Å². The zero-order valence-corrected chi connectivity index (χ0v) is 9.91. The number of pyridine rings is 1. The fraction of sp³-hybridized carbons (Fsp3) is 0.500. The Labute approximate surface area is 92.3 Å². The summed E-state index contributed by atoms with van der Waals surface area (Å²) in [5.41, 5.74) is 0.00511. The summed E-state index contributed by atoms with van der Waals surface area (Å²) in [5, 5.41) is 9.86. The van der Waals surface area contributed by atoms with Crippen LogP contribution in [0.2, 0.25) is 0 Å². The van der Waals surface area contributed by atoms with Crippen molar-refractivity contribution in [3.8, 4) is 0 Å². The molecule has 0 aliphatic rings. The summed E-state index contributed by atoms with van der Waals surface area (Å²) in [6.45, 7) is 2.05. The van der Waals surface area contributed by atoms with Crippen LogP contribution in [0.25, 0.3) is 0 Å². The molecule has 0 aliphatic heterocycles. The SMILES string of the molecule is COCC(C)(O)Cc1ccc(Br)cn1. The largest absolute Gasteiger partial charge is 0.387 e. The molecular weight excluding hydrogens is 246 g/mol.